The first kappa shape index (κ1) is 15.9. The van der Waals surface area contributed by atoms with Gasteiger partial charge in [-0.1, -0.05) is 72.3 Å². The van der Waals surface area contributed by atoms with Crippen molar-refractivity contribution in [1.82, 2.24) is 0 Å². The quantitative estimate of drug-likeness (QED) is 0.587. The second kappa shape index (κ2) is 6.38. The van der Waals surface area contributed by atoms with E-state index in [1.165, 1.54) is 5.56 Å². The Balaban J connectivity index is 1.89. The van der Waals surface area contributed by atoms with Crippen molar-refractivity contribution in [1.29, 1.82) is 0 Å². The zero-order chi connectivity index (χ0) is 17.3. The van der Waals surface area contributed by atoms with Gasteiger partial charge in [-0.05, 0) is 36.2 Å². The lowest BCUT2D eigenvalue weighted by Gasteiger charge is -2.32. The third-order valence-electron chi connectivity index (χ3n) is 4.66. The molecule has 124 valence electrons. The molecule has 2 nitrogen and oxygen atoms in total. The van der Waals surface area contributed by atoms with Crippen molar-refractivity contribution >= 4 is 28.7 Å². The van der Waals surface area contributed by atoms with Crippen molar-refractivity contribution in [3.63, 3.8) is 0 Å². The molecule has 3 aromatic carbocycles. The number of nitrogens with one attached hydrogen (secondary N) is 1. The number of halogens is 1. The van der Waals surface area contributed by atoms with Gasteiger partial charge in [-0.2, -0.15) is 0 Å². The van der Waals surface area contributed by atoms with E-state index in [0.29, 0.717) is 5.02 Å². The number of benzene rings is 3. The molecule has 1 atom stereocenters. The molecule has 0 aliphatic carbocycles. The Morgan fingerprint density at radius 3 is 2.32 bits per heavy atom. The number of hydrogen-bond acceptors (Lipinski definition) is 2. The monoisotopic (exact) mass is 346 g/mol. The Bertz CT molecular complexity index is 919. The molecule has 1 N–H and O–H groups in total. The fourth-order valence-electron chi connectivity index (χ4n) is 3.34. The number of nitrogens with zero attached hydrogens (tertiary/aromatic N) is 1. The van der Waals surface area contributed by atoms with Crippen LogP contribution in [0.25, 0.3) is 0 Å². The molecule has 3 heteroatoms. The molecule has 1 heterocycles. The number of rotatable bonds is 2. The molecule has 0 bridgehead atoms. The third kappa shape index (κ3) is 3.18. The van der Waals surface area contributed by atoms with Gasteiger partial charge in [0.1, 0.15) is 0 Å². The molecule has 1 aliphatic heterocycles. The number of fused-ring (bicyclic) bond motifs is 1. The van der Waals surface area contributed by atoms with Crippen LogP contribution >= 0.6 is 11.6 Å². The Hall–Kier alpha value is -2.58. The van der Waals surface area contributed by atoms with E-state index in [1.807, 2.05) is 30.3 Å². The van der Waals surface area contributed by atoms with Crippen LogP contribution in [0.3, 0.4) is 0 Å². The molecule has 0 saturated heterocycles. The van der Waals surface area contributed by atoms with Gasteiger partial charge in [-0.15, -0.1) is 0 Å². The summed E-state index contributed by atoms with van der Waals surface area (Å²) in [5.74, 6) is 0. The van der Waals surface area contributed by atoms with Crippen molar-refractivity contribution in [2.24, 2.45) is 4.99 Å². The SMILES string of the molecule is CC1(c2ccccc2)CC(c2ccccc2)=Nc2ccc(Cl)cc2N1. The highest BCUT2D eigenvalue weighted by atomic mass is 35.5. The second-order valence-electron chi connectivity index (χ2n) is 6.59. The normalized spacial score (nSPS) is 19.4. The van der Waals surface area contributed by atoms with Crippen LogP contribution < -0.4 is 5.32 Å². The van der Waals surface area contributed by atoms with E-state index in [1.54, 1.807) is 0 Å². The predicted molar refractivity (Wildman–Crippen MR) is 106 cm³/mol. The Morgan fingerprint density at radius 2 is 1.60 bits per heavy atom. The maximum absolute atomic E-state index is 6.23. The lowest BCUT2D eigenvalue weighted by atomic mass is 9.85. The highest BCUT2D eigenvalue weighted by Crippen LogP contribution is 2.40. The van der Waals surface area contributed by atoms with Crippen LogP contribution in [0.1, 0.15) is 24.5 Å². The first-order chi connectivity index (χ1) is 12.1. The zero-order valence-corrected chi connectivity index (χ0v) is 14.8. The van der Waals surface area contributed by atoms with Crippen LogP contribution in [-0.2, 0) is 5.54 Å². The number of hydrogen-bond donors (Lipinski definition) is 1. The second-order valence-corrected chi connectivity index (χ2v) is 7.02. The van der Waals surface area contributed by atoms with Gasteiger partial charge in [-0.3, -0.25) is 4.99 Å². The summed E-state index contributed by atoms with van der Waals surface area (Å²) in [6, 6.07) is 26.7. The van der Waals surface area contributed by atoms with Crippen LogP contribution in [0.5, 0.6) is 0 Å². The summed E-state index contributed by atoms with van der Waals surface area (Å²) in [6.07, 6.45) is 0.785. The third-order valence-corrected chi connectivity index (χ3v) is 4.90. The van der Waals surface area contributed by atoms with E-state index < -0.39 is 0 Å². The summed E-state index contributed by atoms with van der Waals surface area (Å²) in [6.45, 7) is 2.22. The largest absolute Gasteiger partial charge is 0.374 e. The molecule has 0 amide bonds. The molecule has 3 aromatic rings. The fraction of sp³-hybridized carbons (Fsp3) is 0.136. The van der Waals surface area contributed by atoms with Crippen LogP contribution in [0.4, 0.5) is 11.4 Å². The van der Waals surface area contributed by atoms with Crippen LogP contribution in [-0.4, -0.2) is 5.71 Å². The minimum Gasteiger partial charge on any atom is -0.374 e. The van der Waals surface area contributed by atoms with Gasteiger partial charge in [0.25, 0.3) is 0 Å². The summed E-state index contributed by atoms with van der Waals surface area (Å²) in [5, 5.41) is 4.40. The molecule has 4 rings (SSSR count). The van der Waals surface area contributed by atoms with E-state index in [-0.39, 0.29) is 5.54 Å². The topological polar surface area (TPSA) is 24.4 Å². The maximum Gasteiger partial charge on any atom is 0.0865 e. The van der Waals surface area contributed by atoms with Gasteiger partial charge < -0.3 is 5.32 Å². The van der Waals surface area contributed by atoms with Crippen molar-refractivity contribution in [2.75, 3.05) is 5.32 Å². The molecule has 25 heavy (non-hydrogen) atoms. The van der Waals surface area contributed by atoms with Crippen LogP contribution in [0, 0.1) is 0 Å². The minimum absolute atomic E-state index is 0.272. The molecule has 0 radical (unpaired) electrons. The number of aliphatic imine (C=N–C) groups is 1. The molecule has 1 aliphatic rings. The molecule has 0 saturated carbocycles. The van der Waals surface area contributed by atoms with Crippen LogP contribution in [0.2, 0.25) is 5.02 Å². The summed E-state index contributed by atoms with van der Waals surface area (Å²) in [7, 11) is 0. The molecular weight excluding hydrogens is 328 g/mol. The minimum atomic E-state index is -0.272. The van der Waals surface area contributed by atoms with Gasteiger partial charge in [0.15, 0.2) is 0 Å². The molecule has 0 aromatic heterocycles. The standard InChI is InChI=1S/C22H19ClN2/c1-22(17-10-6-3-7-11-17)15-21(16-8-4-2-5-9-16)24-19-13-12-18(23)14-20(19)25-22/h2-14,25H,15H2,1H3. The summed E-state index contributed by atoms with van der Waals surface area (Å²) >= 11 is 6.23. The lowest BCUT2D eigenvalue weighted by molar-refractivity contribution is 0.571. The van der Waals surface area contributed by atoms with Gasteiger partial charge in [-0.25, -0.2) is 0 Å². The van der Waals surface area contributed by atoms with Crippen LogP contribution in [0.15, 0.2) is 83.9 Å². The highest BCUT2D eigenvalue weighted by molar-refractivity contribution is 6.31. The first-order valence-corrected chi connectivity index (χ1v) is 8.78. The predicted octanol–water partition coefficient (Wildman–Crippen LogP) is 6.19. The van der Waals surface area contributed by atoms with Gasteiger partial charge in [0, 0.05) is 11.4 Å². The van der Waals surface area contributed by atoms with Gasteiger partial charge in [0.2, 0.25) is 0 Å². The number of anilines is 1. The summed E-state index contributed by atoms with van der Waals surface area (Å²) < 4.78 is 0. The average Bonchev–Trinajstić information content (AvgIpc) is 2.79. The van der Waals surface area contributed by atoms with Crippen molar-refractivity contribution in [2.45, 2.75) is 18.9 Å². The lowest BCUT2D eigenvalue weighted by Crippen LogP contribution is -2.33. The van der Waals surface area contributed by atoms with E-state index in [0.717, 1.165) is 29.1 Å². The molecule has 0 fully saturated rings. The van der Waals surface area contributed by atoms with E-state index >= 15 is 0 Å². The first-order valence-electron chi connectivity index (χ1n) is 8.40. The van der Waals surface area contributed by atoms with Gasteiger partial charge >= 0.3 is 0 Å². The maximum atomic E-state index is 6.23. The zero-order valence-electron chi connectivity index (χ0n) is 14.0. The van der Waals surface area contributed by atoms with Crippen molar-refractivity contribution in [3.8, 4) is 0 Å². The molecular formula is C22H19ClN2. The van der Waals surface area contributed by atoms with Crippen molar-refractivity contribution < 1.29 is 0 Å². The van der Waals surface area contributed by atoms with E-state index in [4.69, 9.17) is 16.6 Å². The Kier molecular flexibility index (Phi) is 4.06. The van der Waals surface area contributed by atoms with Crippen molar-refractivity contribution in [3.05, 3.63) is 95.0 Å². The Labute approximate surface area is 153 Å². The summed E-state index contributed by atoms with van der Waals surface area (Å²) in [4.78, 5) is 4.97. The highest BCUT2D eigenvalue weighted by Gasteiger charge is 2.31. The summed E-state index contributed by atoms with van der Waals surface area (Å²) in [5.41, 5.74) is 5.06. The fourth-order valence-corrected chi connectivity index (χ4v) is 3.52. The smallest absolute Gasteiger partial charge is 0.0865 e. The molecule has 1 unspecified atom stereocenters. The average molecular weight is 347 g/mol. The Morgan fingerprint density at radius 1 is 0.920 bits per heavy atom. The van der Waals surface area contributed by atoms with Gasteiger partial charge in [0.05, 0.1) is 22.6 Å². The van der Waals surface area contributed by atoms with E-state index in [2.05, 4.69) is 60.8 Å². The van der Waals surface area contributed by atoms with E-state index in [9.17, 15) is 0 Å². The molecule has 0 spiro atoms.